The summed E-state index contributed by atoms with van der Waals surface area (Å²) in [7, 11) is 0. The maximum absolute atomic E-state index is 11.2. The molecule has 0 bridgehead atoms. The van der Waals surface area contributed by atoms with Gasteiger partial charge < -0.3 is 0 Å². The predicted octanol–water partition coefficient (Wildman–Crippen LogP) is 0.509. The molecule has 5 heteroatoms. The zero-order valence-corrected chi connectivity index (χ0v) is 7.67. The molecule has 0 atom stereocenters. The number of piperazine rings is 1. The minimum absolute atomic E-state index is 0.205. The Kier molecular flexibility index (Phi) is 3.05. The van der Waals surface area contributed by atoms with Crippen LogP contribution in [0.3, 0.4) is 0 Å². The van der Waals surface area contributed by atoms with E-state index in [9.17, 15) is 9.59 Å². The largest absolute Gasteiger partial charge is 0.323 e. The second-order valence-electron chi connectivity index (χ2n) is 2.67. The number of carbonyl (C=O) groups excluding carboxylic acids is 2. The number of nitrogens with zero attached hydrogens (tertiary/aromatic N) is 2. The Labute approximate surface area is 76.1 Å². The van der Waals surface area contributed by atoms with Crippen LogP contribution in [-0.4, -0.2) is 47.3 Å². The molecule has 0 aromatic heterocycles. The van der Waals surface area contributed by atoms with Crippen molar-refractivity contribution < 1.29 is 9.59 Å². The molecule has 0 spiro atoms. The van der Waals surface area contributed by atoms with E-state index in [1.54, 1.807) is 0 Å². The van der Waals surface area contributed by atoms with E-state index in [0.717, 1.165) is 18.0 Å². The van der Waals surface area contributed by atoms with Crippen molar-refractivity contribution in [2.24, 2.45) is 0 Å². The molecule has 0 saturated carbocycles. The lowest BCUT2D eigenvalue weighted by molar-refractivity contribution is -0.131. The van der Waals surface area contributed by atoms with Crippen LogP contribution in [0.5, 0.6) is 0 Å². The lowest BCUT2D eigenvalue weighted by Gasteiger charge is -2.30. The van der Waals surface area contributed by atoms with Crippen LogP contribution in [0.2, 0.25) is 0 Å². The van der Waals surface area contributed by atoms with Gasteiger partial charge in [-0.3, -0.25) is 19.4 Å². The van der Waals surface area contributed by atoms with E-state index in [2.05, 4.69) is 0 Å². The van der Waals surface area contributed by atoms with Crippen LogP contribution in [0.15, 0.2) is 0 Å². The van der Waals surface area contributed by atoms with Crippen molar-refractivity contribution in [2.45, 2.75) is 6.92 Å². The maximum atomic E-state index is 11.2. The van der Waals surface area contributed by atoms with Crippen molar-refractivity contribution in [1.29, 1.82) is 0 Å². The summed E-state index contributed by atoms with van der Waals surface area (Å²) in [5, 5.41) is -0.671. The van der Waals surface area contributed by atoms with Crippen LogP contribution in [0.25, 0.3) is 0 Å². The fourth-order valence-electron chi connectivity index (χ4n) is 1.18. The van der Waals surface area contributed by atoms with Gasteiger partial charge in [-0.1, -0.05) is 6.92 Å². The lowest BCUT2D eigenvalue weighted by atomic mass is 10.3. The van der Waals surface area contributed by atoms with Gasteiger partial charge in [0.25, 0.3) is 0 Å². The van der Waals surface area contributed by atoms with Gasteiger partial charge in [0.1, 0.15) is 0 Å². The van der Waals surface area contributed by atoms with Crippen molar-refractivity contribution in [3.63, 3.8) is 0 Å². The Morgan fingerprint density at radius 2 is 2.25 bits per heavy atom. The van der Waals surface area contributed by atoms with Crippen molar-refractivity contribution in [3.05, 3.63) is 0 Å². The molecular formula is C7H11ClN2O2. The Hall–Kier alpha value is -0.610. The summed E-state index contributed by atoms with van der Waals surface area (Å²) in [4.78, 5) is 24.9. The first kappa shape index (κ1) is 9.48. The highest BCUT2D eigenvalue weighted by molar-refractivity contribution is 6.64. The Balaban J connectivity index is 2.54. The average Bonchev–Trinajstić information content (AvgIpc) is 2.03. The summed E-state index contributed by atoms with van der Waals surface area (Å²) in [5.41, 5.74) is 0. The summed E-state index contributed by atoms with van der Waals surface area (Å²) in [6, 6.07) is 0. The number of likely N-dealkylation sites (N-methyl/N-ethyl adjacent to an activating group) is 1. The van der Waals surface area contributed by atoms with Gasteiger partial charge in [-0.2, -0.15) is 0 Å². The van der Waals surface area contributed by atoms with E-state index in [1.165, 1.54) is 0 Å². The highest BCUT2D eigenvalue weighted by atomic mass is 35.5. The number of imide groups is 1. The SMILES string of the molecule is CCN1CCN(C(=O)Cl)C(=O)C1. The molecule has 0 aromatic rings. The predicted molar refractivity (Wildman–Crippen MR) is 45.1 cm³/mol. The molecule has 0 aromatic carbocycles. The van der Waals surface area contributed by atoms with Gasteiger partial charge in [-0.25, -0.2) is 0 Å². The Morgan fingerprint density at radius 3 is 2.67 bits per heavy atom. The molecule has 2 amide bonds. The molecule has 1 fully saturated rings. The highest BCUT2D eigenvalue weighted by Crippen LogP contribution is 2.05. The van der Waals surface area contributed by atoms with Crippen molar-refractivity contribution in [2.75, 3.05) is 26.2 Å². The zero-order valence-electron chi connectivity index (χ0n) is 6.92. The van der Waals surface area contributed by atoms with Crippen molar-refractivity contribution in [3.8, 4) is 0 Å². The Morgan fingerprint density at radius 1 is 1.58 bits per heavy atom. The van der Waals surface area contributed by atoms with Crippen molar-refractivity contribution in [1.82, 2.24) is 9.80 Å². The van der Waals surface area contributed by atoms with Gasteiger partial charge in [0.05, 0.1) is 6.54 Å². The smallest absolute Gasteiger partial charge is 0.293 e. The fraction of sp³-hybridized carbons (Fsp3) is 0.714. The van der Waals surface area contributed by atoms with E-state index < -0.39 is 5.37 Å². The Bertz CT molecular complexity index is 208. The number of hydrogen-bond acceptors (Lipinski definition) is 3. The molecule has 68 valence electrons. The minimum atomic E-state index is -0.671. The molecule has 0 unspecified atom stereocenters. The van der Waals surface area contributed by atoms with Gasteiger partial charge >= 0.3 is 5.37 Å². The molecular weight excluding hydrogens is 180 g/mol. The lowest BCUT2D eigenvalue weighted by Crippen LogP contribution is -2.50. The molecule has 0 aliphatic carbocycles. The first-order chi connectivity index (χ1) is 5.65. The maximum Gasteiger partial charge on any atom is 0.323 e. The van der Waals surface area contributed by atoms with Crippen LogP contribution < -0.4 is 0 Å². The average molecular weight is 191 g/mol. The molecule has 1 aliphatic rings. The molecule has 1 heterocycles. The van der Waals surface area contributed by atoms with E-state index >= 15 is 0 Å². The first-order valence-electron chi connectivity index (χ1n) is 3.87. The molecule has 1 rings (SSSR count). The van der Waals surface area contributed by atoms with Gasteiger partial charge in [-0.15, -0.1) is 0 Å². The zero-order chi connectivity index (χ0) is 9.14. The minimum Gasteiger partial charge on any atom is -0.293 e. The molecule has 1 saturated heterocycles. The third-order valence-electron chi connectivity index (χ3n) is 1.96. The van der Waals surface area contributed by atoms with Crippen LogP contribution in [0.1, 0.15) is 6.92 Å². The van der Waals surface area contributed by atoms with E-state index in [4.69, 9.17) is 11.6 Å². The van der Waals surface area contributed by atoms with E-state index in [-0.39, 0.29) is 5.91 Å². The number of carbonyl (C=O) groups is 2. The molecule has 0 radical (unpaired) electrons. The van der Waals surface area contributed by atoms with Crippen LogP contribution in [0, 0.1) is 0 Å². The summed E-state index contributed by atoms with van der Waals surface area (Å²) in [5.74, 6) is -0.205. The number of hydrogen-bond donors (Lipinski definition) is 0. The van der Waals surface area contributed by atoms with Crippen LogP contribution in [0.4, 0.5) is 4.79 Å². The normalized spacial score (nSPS) is 19.8. The van der Waals surface area contributed by atoms with E-state index in [0.29, 0.717) is 13.1 Å². The monoisotopic (exact) mass is 190 g/mol. The number of rotatable bonds is 1. The topological polar surface area (TPSA) is 40.6 Å². The second kappa shape index (κ2) is 3.87. The van der Waals surface area contributed by atoms with Gasteiger partial charge in [0.15, 0.2) is 0 Å². The molecule has 1 aliphatic heterocycles. The molecule has 12 heavy (non-hydrogen) atoms. The molecule has 0 N–H and O–H groups in total. The number of halogens is 1. The summed E-state index contributed by atoms with van der Waals surface area (Å²) in [6.45, 7) is 4.24. The first-order valence-corrected chi connectivity index (χ1v) is 4.25. The highest BCUT2D eigenvalue weighted by Gasteiger charge is 2.26. The standard InChI is InChI=1S/C7H11ClN2O2/c1-2-9-3-4-10(7(8)12)6(11)5-9/h2-5H2,1H3. The van der Waals surface area contributed by atoms with E-state index in [1.807, 2.05) is 11.8 Å². The van der Waals surface area contributed by atoms with Gasteiger partial charge in [-0.05, 0) is 18.1 Å². The second-order valence-corrected chi connectivity index (χ2v) is 2.99. The third kappa shape index (κ3) is 1.95. The molecule has 4 nitrogen and oxygen atoms in total. The van der Waals surface area contributed by atoms with Crippen LogP contribution >= 0.6 is 11.6 Å². The van der Waals surface area contributed by atoms with Crippen LogP contribution in [-0.2, 0) is 4.79 Å². The van der Waals surface area contributed by atoms with Crippen molar-refractivity contribution >= 4 is 22.9 Å². The quantitative estimate of drug-likeness (QED) is 0.447. The summed E-state index contributed by atoms with van der Waals surface area (Å²) in [6.07, 6.45) is 0. The summed E-state index contributed by atoms with van der Waals surface area (Å²) >= 11 is 5.19. The third-order valence-corrected chi connectivity index (χ3v) is 2.16. The van der Waals surface area contributed by atoms with Gasteiger partial charge in [0, 0.05) is 13.1 Å². The fourth-order valence-corrected chi connectivity index (χ4v) is 1.36. The van der Waals surface area contributed by atoms with Gasteiger partial charge in [0.2, 0.25) is 5.91 Å². The number of amides is 2. The summed E-state index contributed by atoms with van der Waals surface area (Å²) < 4.78 is 0.